The average molecular weight is 446 g/mol. The number of benzene rings is 2. The standard InChI is InChI=1S/C25H27N5O3/c1-31-23-6-4-3-5-20(23)22-10-8-19-16-26-25(28-30(19)22)27-21-9-7-18(15-24(21)32-2)17-29-11-13-33-14-12-29/h3-10,15-16H,11-14,17H2,1-2H3,(H,27,28). The minimum absolute atomic E-state index is 0.481. The highest BCUT2D eigenvalue weighted by atomic mass is 16.5. The summed E-state index contributed by atoms with van der Waals surface area (Å²) in [4.78, 5) is 6.87. The van der Waals surface area contributed by atoms with Crippen molar-refractivity contribution in [3.05, 3.63) is 66.4 Å². The van der Waals surface area contributed by atoms with Crippen LogP contribution in [-0.4, -0.2) is 60.0 Å². The fraction of sp³-hybridized carbons (Fsp3) is 0.280. The van der Waals surface area contributed by atoms with E-state index in [1.165, 1.54) is 5.56 Å². The molecule has 2 aromatic heterocycles. The van der Waals surface area contributed by atoms with Gasteiger partial charge in [0.1, 0.15) is 11.5 Å². The summed E-state index contributed by atoms with van der Waals surface area (Å²) in [5.41, 5.74) is 4.80. The van der Waals surface area contributed by atoms with Gasteiger partial charge in [0.25, 0.3) is 0 Å². The third-order valence-electron chi connectivity index (χ3n) is 5.80. The van der Waals surface area contributed by atoms with Crippen LogP contribution >= 0.6 is 0 Å². The molecule has 4 aromatic rings. The van der Waals surface area contributed by atoms with E-state index in [0.717, 1.165) is 66.8 Å². The quantitative estimate of drug-likeness (QED) is 0.461. The monoisotopic (exact) mass is 445 g/mol. The second kappa shape index (κ2) is 9.48. The Morgan fingerprint density at radius 2 is 1.79 bits per heavy atom. The van der Waals surface area contributed by atoms with Crippen LogP contribution in [0.5, 0.6) is 11.5 Å². The molecule has 33 heavy (non-hydrogen) atoms. The second-order valence-corrected chi connectivity index (χ2v) is 7.89. The van der Waals surface area contributed by atoms with Crippen molar-refractivity contribution in [2.24, 2.45) is 0 Å². The van der Waals surface area contributed by atoms with Gasteiger partial charge in [-0.05, 0) is 42.0 Å². The highest BCUT2D eigenvalue weighted by molar-refractivity contribution is 5.72. The van der Waals surface area contributed by atoms with Crippen molar-refractivity contribution in [2.75, 3.05) is 45.8 Å². The number of ether oxygens (including phenoxy) is 3. The number of hydrogen-bond acceptors (Lipinski definition) is 7. The maximum atomic E-state index is 5.66. The molecule has 0 radical (unpaired) electrons. The van der Waals surface area contributed by atoms with Gasteiger partial charge in [-0.2, -0.15) is 0 Å². The van der Waals surface area contributed by atoms with Crippen LogP contribution in [0.2, 0.25) is 0 Å². The van der Waals surface area contributed by atoms with E-state index in [2.05, 4.69) is 27.3 Å². The lowest BCUT2D eigenvalue weighted by Gasteiger charge is -2.26. The molecule has 0 aliphatic carbocycles. The topological polar surface area (TPSA) is 73.2 Å². The summed E-state index contributed by atoms with van der Waals surface area (Å²) in [5.74, 6) is 2.03. The SMILES string of the molecule is COc1cc(CN2CCOCC2)ccc1Nc1ncc2ccc(-c3ccccc3OC)n2n1. The molecule has 0 bridgehead atoms. The van der Waals surface area contributed by atoms with Crippen LogP contribution in [-0.2, 0) is 11.3 Å². The maximum absolute atomic E-state index is 5.66. The van der Waals surface area contributed by atoms with Crippen LogP contribution in [0.3, 0.4) is 0 Å². The number of para-hydroxylation sites is 1. The van der Waals surface area contributed by atoms with E-state index in [0.29, 0.717) is 5.95 Å². The summed E-state index contributed by atoms with van der Waals surface area (Å²) in [7, 11) is 3.35. The van der Waals surface area contributed by atoms with Crippen molar-refractivity contribution in [1.82, 2.24) is 19.5 Å². The molecule has 8 nitrogen and oxygen atoms in total. The summed E-state index contributed by atoms with van der Waals surface area (Å²) in [6, 6.07) is 18.1. The molecule has 170 valence electrons. The minimum atomic E-state index is 0.481. The second-order valence-electron chi connectivity index (χ2n) is 7.89. The molecular formula is C25H27N5O3. The van der Waals surface area contributed by atoms with Gasteiger partial charge in [0.15, 0.2) is 0 Å². The smallest absolute Gasteiger partial charge is 0.245 e. The van der Waals surface area contributed by atoms with E-state index in [1.807, 2.05) is 47.0 Å². The number of morpholine rings is 1. The van der Waals surface area contributed by atoms with Crippen molar-refractivity contribution in [1.29, 1.82) is 0 Å². The molecule has 1 aliphatic heterocycles. The highest BCUT2D eigenvalue weighted by Gasteiger charge is 2.14. The van der Waals surface area contributed by atoms with Crippen LogP contribution in [0.15, 0.2) is 60.8 Å². The van der Waals surface area contributed by atoms with E-state index in [1.54, 1.807) is 20.4 Å². The lowest BCUT2D eigenvalue weighted by Crippen LogP contribution is -2.35. The molecule has 3 heterocycles. The summed E-state index contributed by atoms with van der Waals surface area (Å²) in [6.45, 7) is 4.33. The first-order chi connectivity index (χ1) is 16.2. The van der Waals surface area contributed by atoms with Gasteiger partial charge in [-0.3, -0.25) is 4.90 Å². The van der Waals surface area contributed by atoms with Crippen molar-refractivity contribution < 1.29 is 14.2 Å². The molecule has 0 saturated carbocycles. The number of aromatic nitrogens is 3. The number of nitrogens with zero attached hydrogens (tertiary/aromatic N) is 4. The first-order valence-electron chi connectivity index (χ1n) is 11.0. The Morgan fingerprint density at radius 1 is 0.970 bits per heavy atom. The third-order valence-corrected chi connectivity index (χ3v) is 5.80. The number of rotatable bonds is 7. The zero-order valence-corrected chi connectivity index (χ0v) is 18.8. The predicted molar refractivity (Wildman–Crippen MR) is 127 cm³/mol. The van der Waals surface area contributed by atoms with Gasteiger partial charge in [0.2, 0.25) is 5.95 Å². The molecule has 8 heteroatoms. The number of fused-ring (bicyclic) bond motifs is 1. The van der Waals surface area contributed by atoms with Gasteiger partial charge in [0, 0.05) is 25.2 Å². The van der Waals surface area contributed by atoms with Gasteiger partial charge in [-0.25, -0.2) is 9.50 Å². The molecule has 0 spiro atoms. The third kappa shape index (κ3) is 4.48. The Morgan fingerprint density at radius 3 is 2.61 bits per heavy atom. The Labute approximate surface area is 192 Å². The zero-order valence-electron chi connectivity index (χ0n) is 18.8. The molecule has 0 amide bonds. The molecule has 1 fully saturated rings. The number of hydrogen-bond donors (Lipinski definition) is 1. The first kappa shape index (κ1) is 21.2. The molecule has 1 saturated heterocycles. The Kier molecular flexibility index (Phi) is 6.10. The van der Waals surface area contributed by atoms with Gasteiger partial charge in [-0.15, -0.1) is 5.10 Å². The van der Waals surface area contributed by atoms with Gasteiger partial charge in [-0.1, -0.05) is 18.2 Å². The molecule has 1 aliphatic rings. The summed E-state index contributed by atoms with van der Waals surface area (Å²) in [6.07, 6.45) is 1.80. The Hall–Kier alpha value is -3.62. The number of nitrogens with one attached hydrogen (secondary N) is 1. The van der Waals surface area contributed by atoms with E-state index in [4.69, 9.17) is 19.3 Å². The lowest BCUT2D eigenvalue weighted by molar-refractivity contribution is 0.0342. The maximum Gasteiger partial charge on any atom is 0.245 e. The Balaban J connectivity index is 1.42. The van der Waals surface area contributed by atoms with Crippen LogP contribution in [0, 0.1) is 0 Å². The van der Waals surface area contributed by atoms with E-state index >= 15 is 0 Å². The molecule has 0 atom stereocenters. The van der Waals surface area contributed by atoms with Crippen LogP contribution in [0.1, 0.15) is 5.56 Å². The largest absolute Gasteiger partial charge is 0.496 e. The van der Waals surface area contributed by atoms with E-state index in [-0.39, 0.29) is 0 Å². The van der Waals surface area contributed by atoms with Crippen LogP contribution in [0.4, 0.5) is 11.6 Å². The van der Waals surface area contributed by atoms with E-state index < -0.39 is 0 Å². The highest BCUT2D eigenvalue weighted by Crippen LogP contribution is 2.32. The molecular weight excluding hydrogens is 418 g/mol. The minimum Gasteiger partial charge on any atom is -0.496 e. The lowest BCUT2D eigenvalue weighted by atomic mass is 10.1. The van der Waals surface area contributed by atoms with E-state index in [9.17, 15) is 0 Å². The number of anilines is 2. The van der Waals surface area contributed by atoms with Crippen molar-refractivity contribution in [2.45, 2.75) is 6.54 Å². The molecule has 1 N–H and O–H groups in total. The van der Waals surface area contributed by atoms with Gasteiger partial charge in [0.05, 0.1) is 50.5 Å². The zero-order chi connectivity index (χ0) is 22.6. The molecule has 5 rings (SSSR count). The van der Waals surface area contributed by atoms with Crippen molar-refractivity contribution in [3.8, 4) is 22.8 Å². The van der Waals surface area contributed by atoms with Gasteiger partial charge >= 0.3 is 0 Å². The summed E-state index contributed by atoms with van der Waals surface area (Å²) >= 11 is 0. The Bertz CT molecular complexity index is 1250. The van der Waals surface area contributed by atoms with Crippen molar-refractivity contribution >= 4 is 17.2 Å². The molecule has 0 unspecified atom stereocenters. The van der Waals surface area contributed by atoms with Gasteiger partial charge < -0.3 is 19.5 Å². The van der Waals surface area contributed by atoms with Crippen LogP contribution < -0.4 is 14.8 Å². The fourth-order valence-electron chi connectivity index (χ4n) is 4.09. The summed E-state index contributed by atoms with van der Waals surface area (Å²) in [5, 5.41) is 8.05. The normalized spacial score (nSPS) is 14.4. The predicted octanol–water partition coefficient (Wildman–Crippen LogP) is 3.99. The average Bonchev–Trinajstić information content (AvgIpc) is 3.28. The first-order valence-corrected chi connectivity index (χ1v) is 11.0. The van der Waals surface area contributed by atoms with Crippen LogP contribution in [0.25, 0.3) is 16.8 Å². The summed E-state index contributed by atoms with van der Waals surface area (Å²) < 4.78 is 18.5. The number of methoxy groups -OCH3 is 2. The fourth-order valence-corrected chi connectivity index (χ4v) is 4.09. The van der Waals surface area contributed by atoms with Crippen molar-refractivity contribution in [3.63, 3.8) is 0 Å². The molecule has 2 aromatic carbocycles.